The van der Waals surface area contributed by atoms with Crippen molar-refractivity contribution in [2.45, 2.75) is 59.0 Å². The summed E-state index contributed by atoms with van der Waals surface area (Å²) in [6, 6.07) is -0.254. The molecule has 0 fully saturated rings. The molecule has 2 amide bonds. The van der Waals surface area contributed by atoms with Gasteiger partial charge in [0, 0.05) is 19.4 Å². The van der Waals surface area contributed by atoms with Crippen LogP contribution in [0.15, 0.2) is 0 Å². The van der Waals surface area contributed by atoms with E-state index in [1.54, 1.807) is 13.8 Å². The molecule has 0 aliphatic heterocycles. The zero-order valence-corrected chi connectivity index (χ0v) is 12.2. The lowest BCUT2D eigenvalue weighted by Crippen LogP contribution is -2.60. The third-order valence-corrected chi connectivity index (χ3v) is 3.23. The third kappa shape index (κ3) is 5.72. The standard InChI is InChI=1S/C13H24N2O4/c1-8(2)13(5,15-10(4)16)12(19)14-9(3)6-7-11(17)18/h8-9H,6-7H2,1-5H3,(H,14,19)(H,15,16)(H,17,18). The quantitative estimate of drug-likeness (QED) is 0.642. The van der Waals surface area contributed by atoms with Gasteiger partial charge in [0.15, 0.2) is 0 Å². The van der Waals surface area contributed by atoms with Gasteiger partial charge in [-0.1, -0.05) is 13.8 Å². The minimum atomic E-state index is -0.997. The number of rotatable bonds is 7. The van der Waals surface area contributed by atoms with Gasteiger partial charge in [0.05, 0.1) is 0 Å². The van der Waals surface area contributed by atoms with E-state index in [1.807, 2.05) is 13.8 Å². The van der Waals surface area contributed by atoms with Crippen molar-refractivity contribution in [3.05, 3.63) is 0 Å². The average molecular weight is 272 g/mol. The summed E-state index contributed by atoms with van der Waals surface area (Å²) >= 11 is 0. The highest BCUT2D eigenvalue weighted by Crippen LogP contribution is 2.17. The van der Waals surface area contributed by atoms with Crippen molar-refractivity contribution in [1.82, 2.24) is 10.6 Å². The molecule has 0 rings (SSSR count). The molecule has 19 heavy (non-hydrogen) atoms. The largest absolute Gasteiger partial charge is 0.481 e. The van der Waals surface area contributed by atoms with E-state index in [0.29, 0.717) is 6.42 Å². The van der Waals surface area contributed by atoms with E-state index < -0.39 is 11.5 Å². The number of carboxylic acid groups (broad SMARTS) is 1. The van der Waals surface area contributed by atoms with E-state index in [4.69, 9.17) is 5.11 Å². The van der Waals surface area contributed by atoms with Gasteiger partial charge in [0.25, 0.3) is 0 Å². The van der Waals surface area contributed by atoms with Crippen molar-refractivity contribution in [3.8, 4) is 0 Å². The summed E-state index contributed by atoms with van der Waals surface area (Å²) in [4.78, 5) is 33.9. The second-order valence-corrected chi connectivity index (χ2v) is 5.35. The highest BCUT2D eigenvalue weighted by Gasteiger charge is 2.37. The van der Waals surface area contributed by atoms with Crippen LogP contribution in [0.2, 0.25) is 0 Å². The Hall–Kier alpha value is -1.59. The Balaban J connectivity index is 4.65. The first-order valence-corrected chi connectivity index (χ1v) is 6.41. The van der Waals surface area contributed by atoms with Gasteiger partial charge < -0.3 is 15.7 Å². The number of hydrogen-bond donors (Lipinski definition) is 3. The van der Waals surface area contributed by atoms with E-state index in [9.17, 15) is 14.4 Å². The summed E-state index contributed by atoms with van der Waals surface area (Å²) in [5.74, 6) is -1.54. The minimum absolute atomic E-state index is 0.0000234. The highest BCUT2D eigenvalue weighted by molar-refractivity contribution is 5.91. The van der Waals surface area contributed by atoms with Gasteiger partial charge in [0.2, 0.25) is 11.8 Å². The van der Waals surface area contributed by atoms with Gasteiger partial charge in [-0.05, 0) is 26.2 Å². The molecule has 110 valence electrons. The summed E-state index contributed by atoms with van der Waals surface area (Å²) in [7, 11) is 0. The lowest BCUT2D eigenvalue weighted by atomic mass is 9.87. The second-order valence-electron chi connectivity index (χ2n) is 5.35. The molecule has 0 aromatic heterocycles. The SMILES string of the molecule is CC(=O)NC(C)(C(=O)NC(C)CCC(=O)O)C(C)C. The molecule has 0 bridgehead atoms. The molecular weight excluding hydrogens is 248 g/mol. The molecule has 0 aromatic rings. The lowest BCUT2D eigenvalue weighted by Gasteiger charge is -2.34. The molecule has 2 unspecified atom stereocenters. The first kappa shape index (κ1) is 17.4. The van der Waals surface area contributed by atoms with Gasteiger partial charge in [-0.25, -0.2) is 0 Å². The van der Waals surface area contributed by atoms with Gasteiger partial charge >= 0.3 is 5.97 Å². The van der Waals surface area contributed by atoms with Crippen LogP contribution >= 0.6 is 0 Å². The molecule has 0 aliphatic rings. The molecule has 0 saturated carbocycles. The van der Waals surface area contributed by atoms with Gasteiger partial charge in [0.1, 0.15) is 5.54 Å². The average Bonchev–Trinajstić information content (AvgIpc) is 2.24. The molecule has 6 nitrogen and oxygen atoms in total. The molecule has 2 atom stereocenters. The Morgan fingerprint density at radius 3 is 2.11 bits per heavy atom. The molecule has 0 saturated heterocycles. The number of nitrogens with one attached hydrogen (secondary N) is 2. The molecule has 6 heteroatoms. The Labute approximate surface area is 113 Å². The summed E-state index contributed by atoms with van der Waals surface area (Å²) in [5, 5.41) is 14.0. The van der Waals surface area contributed by atoms with E-state index in [2.05, 4.69) is 10.6 Å². The van der Waals surface area contributed by atoms with Crippen LogP contribution in [0.1, 0.15) is 47.5 Å². The fourth-order valence-corrected chi connectivity index (χ4v) is 1.61. The van der Waals surface area contributed by atoms with Crippen molar-refractivity contribution in [3.63, 3.8) is 0 Å². The zero-order chi connectivity index (χ0) is 15.2. The number of hydrogen-bond acceptors (Lipinski definition) is 3. The van der Waals surface area contributed by atoms with Crippen molar-refractivity contribution >= 4 is 17.8 Å². The van der Waals surface area contributed by atoms with Gasteiger partial charge in [-0.3, -0.25) is 14.4 Å². The second kappa shape index (κ2) is 7.11. The van der Waals surface area contributed by atoms with Crippen LogP contribution in [-0.2, 0) is 14.4 Å². The molecule has 0 radical (unpaired) electrons. The number of aliphatic carboxylic acids is 1. The van der Waals surface area contributed by atoms with Crippen LogP contribution < -0.4 is 10.6 Å². The maximum Gasteiger partial charge on any atom is 0.303 e. The highest BCUT2D eigenvalue weighted by atomic mass is 16.4. The maximum atomic E-state index is 12.2. The van der Waals surface area contributed by atoms with Crippen LogP contribution in [0.25, 0.3) is 0 Å². The predicted octanol–water partition coefficient (Wildman–Crippen LogP) is 0.907. The monoisotopic (exact) mass is 272 g/mol. The van der Waals surface area contributed by atoms with E-state index in [1.165, 1.54) is 6.92 Å². The van der Waals surface area contributed by atoms with E-state index >= 15 is 0 Å². The summed E-state index contributed by atoms with van der Waals surface area (Å²) in [6.45, 7) is 8.46. The van der Waals surface area contributed by atoms with E-state index in [0.717, 1.165) is 0 Å². The number of carboxylic acids is 1. The van der Waals surface area contributed by atoms with E-state index in [-0.39, 0.29) is 30.2 Å². The lowest BCUT2D eigenvalue weighted by molar-refractivity contribution is -0.138. The topological polar surface area (TPSA) is 95.5 Å². The van der Waals surface area contributed by atoms with Crippen LogP contribution in [0.5, 0.6) is 0 Å². The Morgan fingerprint density at radius 2 is 1.74 bits per heavy atom. The normalized spacial score (nSPS) is 15.5. The molecule has 0 aromatic carbocycles. The van der Waals surface area contributed by atoms with Crippen LogP contribution in [-0.4, -0.2) is 34.5 Å². The number of carbonyl (C=O) groups is 3. The number of carbonyl (C=O) groups excluding carboxylic acids is 2. The van der Waals surface area contributed by atoms with Crippen molar-refractivity contribution in [1.29, 1.82) is 0 Å². The Bertz CT molecular complexity index is 355. The van der Waals surface area contributed by atoms with Crippen molar-refractivity contribution in [2.24, 2.45) is 5.92 Å². The molecule has 0 aliphatic carbocycles. The fourth-order valence-electron chi connectivity index (χ4n) is 1.61. The Kier molecular flexibility index (Phi) is 6.52. The van der Waals surface area contributed by atoms with Gasteiger partial charge in [-0.15, -0.1) is 0 Å². The number of amides is 2. The van der Waals surface area contributed by atoms with Gasteiger partial charge in [-0.2, -0.15) is 0 Å². The predicted molar refractivity (Wildman–Crippen MR) is 71.5 cm³/mol. The summed E-state index contributed by atoms with van der Waals surface area (Å²) in [5.41, 5.74) is -0.997. The summed E-state index contributed by atoms with van der Waals surface area (Å²) < 4.78 is 0. The minimum Gasteiger partial charge on any atom is -0.481 e. The van der Waals surface area contributed by atoms with Crippen LogP contribution in [0.4, 0.5) is 0 Å². The molecule has 0 spiro atoms. The first-order chi connectivity index (χ1) is 8.59. The van der Waals surface area contributed by atoms with Crippen molar-refractivity contribution < 1.29 is 19.5 Å². The smallest absolute Gasteiger partial charge is 0.303 e. The van der Waals surface area contributed by atoms with Crippen molar-refractivity contribution in [2.75, 3.05) is 0 Å². The molecular formula is C13H24N2O4. The fraction of sp³-hybridized carbons (Fsp3) is 0.769. The maximum absolute atomic E-state index is 12.2. The van der Waals surface area contributed by atoms with Crippen LogP contribution in [0.3, 0.4) is 0 Å². The molecule has 0 heterocycles. The molecule has 3 N–H and O–H groups in total. The first-order valence-electron chi connectivity index (χ1n) is 6.41. The summed E-state index contributed by atoms with van der Waals surface area (Å²) in [6.07, 6.45) is 0.356. The third-order valence-electron chi connectivity index (χ3n) is 3.23. The zero-order valence-electron chi connectivity index (χ0n) is 12.2. The Morgan fingerprint density at radius 1 is 1.21 bits per heavy atom. The van der Waals surface area contributed by atoms with Crippen LogP contribution in [0, 0.1) is 5.92 Å².